The summed E-state index contributed by atoms with van der Waals surface area (Å²) in [6.45, 7) is 3.11. The summed E-state index contributed by atoms with van der Waals surface area (Å²) >= 11 is 0. The number of nitrogens with one attached hydrogen (secondary N) is 1. The predicted molar refractivity (Wildman–Crippen MR) is 151 cm³/mol. The van der Waals surface area contributed by atoms with Gasteiger partial charge in [-0.15, -0.1) is 0 Å². The number of methoxy groups -OCH3 is 2. The van der Waals surface area contributed by atoms with Gasteiger partial charge in [-0.1, -0.05) is 18.2 Å². The SMILES string of the molecule is COCCN(C(=O)Nc1cc(C(F)(F)F)cc(C(F)(F)F)c1)C(C)c1nc2ccccc2c(=O)n1-c1cc(C)ccc1OC. The molecule has 44 heavy (non-hydrogen) atoms. The second-order valence-corrected chi connectivity index (χ2v) is 9.89. The van der Waals surface area contributed by atoms with Crippen LogP contribution in [0.15, 0.2) is 65.5 Å². The second-order valence-electron chi connectivity index (χ2n) is 9.89. The number of anilines is 1. The van der Waals surface area contributed by atoms with Crippen LogP contribution in [-0.4, -0.2) is 47.9 Å². The number of carbonyl (C=O) groups excluding carboxylic acids is 1. The van der Waals surface area contributed by atoms with Crippen LogP contribution in [-0.2, 0) is 17.1 Å². The number of hydrogen-bond donors (Lipinski definition) is 1. The molecule has 4 aromatic rings. The van der Waals surface area contributed by atoms with Gasteiger partial charge in [0, 0.05) is 19.3 Å². The Balaban J connectivity index is 1.87. The molecule has 234 valence electrons. The summed E-state index contributed by atoms with van der Waals surface area (Å²) in [6.07, 6.45) is -10.2. The Kier molecular flexibility index (Phi) is 9.23. The highest BCUT2D eigenvalue weighted by atomic mass is 19.4. The van der Waals surface area contributed by atoms with E-state index in [0.29, 0.717) is 29.1 Å². The molecule has 0 saturated heterocycles. The smallest absolute Gasteiger partial charge is 0.416 e. The van der Waals surface area contributed by atoms with E-state index < -0.39 is 46.8 Å². The number of hydrogen-bond acceptors (Lipinski definition) is 5. The van der Waals surface area contributed by atoms with Crippen molar-refractivity contribution in [2.75, 3.05) is 32.7 Å². The van der Waals surface area contributed by atoms with Crippen LogP contribution in [0, 0.1) is 6.92 Å². The Bertz CT molecular complexity index is 1700. The number of fused-ring (bicyclic) bond motifs is 1. The van der Waals surface area contributed by atoms with E-state index in [1.807, 2.05) is 0 Å². The topological polar surface area (TPSA) is 85.7 Å². The number of carbonyl (C=O) groups is 1. The Labute approximate surface area is 247 Å². The number of ether oxygens (including phenoxy) is 2. The molecule has 0 fully saturated rings. The lowest BCUT2D eigenvalue weighted by atomic mass is 10.1. The van der Waals surface area contributed by atoms with Crippen LogP contribution in [0.4, 0.5) is 36.8 Å². The minimum Gasteiger partial charge on any atom is -0.495 e. The van der Waals surface area contributed by atoms with Gasteiger partial charge in [-0.25, -0.2) is 9.78 Å². The second kappa shape index (κ2) is 12.6. The normalized spacial score (nSPS) is 12.7. The van der Waals surface area contributed by atoms with E-state index in [1.54, 1.807) is 49.4 Å². The molecule has 1 unspecified atom stereocenters. The molecule has 0 aliphatic rings. The third-order valence-corrected chi connectivity index (χ3v) is 6.85. The molecule has 3 aromatic carbocycles. The van der Waals surface area contributed by atoms with Gasteiger partial charge in [0.05, 0.1) is 47.5 Å². The zero-order valence-electron chi connectivity index (χ0n) is 24.0. The van der Waals surface area contributed by atoms with Gasteiger partial charge in [0.15, 0.2) is 0 Å². The monoisotopic (exact) mass is 622 g/mol. The van der Waals surface area contributed by atoms with Crippen molar-refractivity contribution in [2.45, 2.75) is 32.2 Å². The molecule has 14 heteroatoms. The van der Waals surface area contributed by atoms with Gasteiger partial charge < -0.3 is 19.7 Å². The largest absolute Gasteiger partial charge is 0.495 e. The van der Waals surface area contributed by atoms with Gasteiger partial charge in [0.2, 0.25) is 0 Å². The molecule has 2 amide bonds. The van der Waals surface area contributed by atoms with Crippen molar-refractivity contribution in [3.05, 3.63) is 93.5 Å². The number of nitrogens with zero attached hydrogens (tertiary/aromatic N) is 3. The number of urea groups is 1. The van der Waals surface area contributed by atoms with E-state index >= 15 is 0 Å². The van der Waals surface area contributed by atoms with Crippen LogP contribution in [0.1, 0.15) is 35.5 Å². The highest BCUT2D eigenvalue weighted by Crippen LogP contribution is 2.38. The number of para-hydroxylation sites is 1. The fraction of sp³-hybridized carbons (Fsp3) is 0.300. The fourth-order valence-corrected chi connectivity index (χ4v) is 4.66. The summed E-state index contributed by atoms with van der Waals surface area (Å²) in [5, 5.41) is 2.43. The number of aryl methyl sites for hydroxylation is 1. The number of aromatic nitrogens is 2. The molecule has 0 saturated carbocycles. The van der Waals surface area contributed by atoms with Gasteiger partial charge in [-0.3, -0.25) is 9.36 Å². The maximum Gasteiger partial charge on any atom is 0.416 e. The first-order valence-electron chi connectivity index (χ1n) is 13.2. The summed E-state index contributed by atoms with van der Waals surface area (Å²) in [7, 11) is 2.77. The van der Waals surface area contributed by atoms with E-state index in [0.717, 1.165) is 10.5 Å². The molecule has 0 aliphatic heterocycles. The van der Waals surface area contributed by atoms with Crippen molar-refractivity contribution in [2.24, 2.45) is 0 Å². The summed E-state index contributed by atoms with van der Waals surface area (Å²) in [5.74, 6) is 0.378. The minimum atomic E-state index is -5.11. The van der Waals surface area contributed by atoms with Crippen molar-refractivity contribution < 1.29 is 40.6 Å². The highest BCUT2D eigenvalue weighted by Gasteiger charge is 2.37. The number of benzene rings is 3. The Morgan fingerprint density at radius 1 is 0.977 bits per heavy atom. The number of rotatable bonds is 8. The molecule has 1 aromatic heterocycles. The maximum absolute atomic E-state index is 13.9. The molecule has 1 heterocycles. The molecule has 0 bridgehead atoms. The summed E-state index contributed by atoms with van der Waals surface area (Å²) < 4.78 is 92.6. The standard InChI is InChI=1S/C30H28F6N4O4/c1-17-9-10-25(44-4)24(13-17)40-26(38-23-8-6-5-7-22(23)27(40)41)18(2)39(11-12-43-3)28(42)37-21-15-19(29(31,32)33)14-20(16-21)30(34,35)36/h5-10,13-16,18H,11-12H2,1-4H3,(H,37,42). The molecule has 1 atom stereocenters. The lowest BCUT2D eigenvalue weighted by Crippen LogP contribution is -2.41. The minimum absolute atomic E-state index is 0.0338. The lowest BCUT2D eigenvalue weighted by molar-refractivity contribution is -0.143. The fourth-order valence-electron chi connectivity index (χ4n) is 4.66. The molecular weight excluding hydrogens is 594 g/mol. The van der Waals surface area contributed by atoms with Crippen LogP contribution in [0.5, 0.6) is 5.75 Å². The first kappa shape index (κ1) is 32.3. The average Bonchev–Trinajstić information content (AvgIpc) is 2.96. The van der Waals surface area contributed by atoms with Crippen molar-refractivity contribution in [3.63, 3.8) is 0 Å². The molecule has 4 rings (SSSR count). The molecule has 0 radical (unpaired) electrons. The van der Waals surface area contributed by atoms with Crippen molar-refractivity contribution in [3.8, 4) is 11.4 Å². The third-order valence-electron chi connectivity index (χ3n) is 6.85. The van der Waals surface area contributed by atoms with Crippen molar-refractivity contribution in [1.29, 1.82) is 0 Å². The Morgan fingerprint density at radius 3 is 2.20 bits per heavy atom. The lowest BCUT2D eigenvalue weighted by Gasteiger charge is -2.31. The van der Waals surface area contributed by atoms with Gasteiger partial charge >= 0.3 is 18.4 Å². The van der Waals surface area contributed by atoms with Crippen LogP contribution in [0.2, 0.25) is 0 Å². The highest BCUT2D eigenvalue weighted by molar-refractivity contribution is 5.90. The summed E-state index contributed by atoms with van der Waals surface area (Å²) in [6, 6.07) is 10.3. The summed E-state index contributed by atoms with van der Waals surface area (Å²) in [5.41, 5.74) is -2.98. The maximum atomic E-state index is 13.9. The number of amides is 2. The van der Waals surface area contributed by atoms with Crippen molar-refractivity contribution in [1.82, 2.24) is 14.5 Å². The first-order valence-corrected chi connectivity index (χ1v) is 13.2. The number of halogens is 6. The first-order chi connectivity index (χ1) is 20.6. The van der Waals surface area contributed by atoms with E-state index in [2.05, 4.69) is 10.3 Å². The predicted octanol–water partition coefficient (Wildman–Crippen LogP) is 6.98. The van der Waals surface area contributed by atoms with E-state index in [4.69, 9.17) is 9.47 Å². The van der Waals surface area contributed by atoms with Gasteiger partial charge in [0.1, 0.15) is 11.6 Å². The average molecular weight is 623 g/mol. The van der Waals surface area contributed by atoms with E-state index in [-0.39, 0.29) is 30.4 Å². The number of alkyl halides is 6. The van der Waals surface area contributed by atoms with Crippen LogP contribution < -0.4 is 15.6 Å². The third kappa shape index (κ3) is 6.80. The molecule has 0 aliphatic carbocycles. The van der Waals surface area contributed by atoms with Crippen LogP contribution in [0.25, 0.3) is 16.6 Å². The van der Waals surface area contributed by atoms with E-state index in [1.165, 1.54) is 25.7 Å². The van der Waals surface area contributed by atoms with E-state index in [9.17, 15) is 35.9 Å². The molecule has 1 N–H and O–H groups in total. The van der Waals surface area contributed by atoms with Gasteiger partial charge in [0.25, 0.3) is 5.56 Å². The van der Waals surface area contributed by atoms with Gasteiger partial charge in [-0.05, 0) is 61.9 Å². The van der Waals surface area contributed by atoms with Crippen LogP contribution in [0.3, 0.4) is 0 Å². The van der Waals surface area contributed by atoms with Gasteiger partial charge in [-0.2, -0.15) is 26.3 Å². The molecule has 0 spiro atoms. The quantitative estimate of drug-likeness (QED) is 0.214. The zero-order valence-corrected chi connectivity index (χ0v) is 24.0. The van der Waals surface area contributed by atoms with Crippen molar-refractivity contribution >= 4 is 22.6 Å². The Hall–Kier alpha value is -4.59. The van der Waals surface area contributed by atoms with Crippen LogP contribution >= 0.6 is 0 Å². The zero-order chi connectivity index (χ0) is 32.4. The molecular formula is C30H28F6N4O4. The Morgan fingerprint density at radius 2 is 1.61 bits per heavy atom. The molecule has 8 nitrogen and oxygen atoms in total. The summed E-state index contributed by atoms with van der Waals surface area (Å²) in [4.78, 5) is 33.3.